The number of carbonyl (C=O) groups is 4. The van der Waals surface area contributed by atoms with E-state index in [4.69, 9.17) is 10.5 Å². The fourth-order valence-electron chi connectivity index (χ4n) is 6.34. The number of carbonyl (C=O) groups excluding carboxylic acids is 4. The predicted molar refractivity (Wildman–Crippen MR) is 176 cm³/mol. The SMILES string of the molecule is CCn1nc([C@@H](C(=O)Nc2ccc(C[C@@H](NC(=O)OC(C)(C)C)C(=O)N3CCN(C)CC3)cc2)C2CCCCCC2)cc1C(N)=O. The molecule has 46 heavy (non-hydrogen) atoms. The molecule has 1 aromatic heterocycles. The highest BCUT2D eigenvalue weighted by atomic mass is 16.6. The Morgan fingerprint density at radius 3 is 2.17 bits per heavy atom. The number of piperazine rings is 1. The third kappa shape index (κ3) is 9.54. The normalized spacial score (nSPS) is 17.9. The van der Waals surface area contributed by atoms with Crippen molar-refractivity contribution in [3.8, 4) is 0 Å². The number of hydrogen-bond donors (Lipinski definition) is 3. The van der Waals surface area contributed by atoms with Gasteiger partial charge in [-0.25, -0.2) is 4.79 Å². The van der Waals surface area contributed by atoms with Crippen molar-refractivity contribution >= 4 is 29.5 Å². The minimum Gasteiger partial charge on any atom is -0.444 e. The molecule has 0 bridgehead atoms. The van der Waals surface area contributed by atoms with Crippen LogP contribution in [0.2, 0.25) is 0 Å². The molecule has 1 saturated carbocycles. The molecule has 4 amide bonds. The van der Waals surface area contributed by atoms with Crippen LogP contribution in [0.4, 0.5) is 10.5 Å². The van der Waals surface area contributed by atoms with Gasteiger partial charge in [0.05, 0.1) is 11.6 Å². The molecule has 1 aliphatic heterocycles. The van der Waals surface area contributed by atoms with Gasteiger partial charge in [0.15, 0.2) is 0 Å². The average Bonchev–Trinajstić information content (AvgIpc) is 3.24. The molecule has 1 saturated heterocycles. The van der Waals surface area contributed by atoms with Crippen molar-refractivity contribution in [1.29, 1.82) is 0 Å². The van der Waals surface area contributed by atoms with Crippen LogP contribution >= 0.6 is 0 Å². The van der Waals surface area contributed by atoms with Crippen molar-refractivity contribution in [1.82, 2.24) is 24.9 Å². The highest BCUT2D eigenvalue weighted by Crippen LogP contribution is 2.36. The first kappa shape index (κ1) is 34.9. The van der Waals surface area contributed by atoms with Gasteiger partial charge in [0.1, 0.15) is 17.3 Å². The minimum absolute atomic E-state index is 0.1000. The van der Waals surface area contributed by atoms with E-state index in [1.807, 2.05) is 38.2 Å². The molecule has 2 atom stereocenters. The number of primary amides is 1. The summed E-state index contributed by atoms with van der Waals surface area (Å²) in [5.74, 6) is -1.31. The number of ether oxygens (including phenoxy) is 1. The van der Waals surface area contributed by atoms with Crippen LogP contribution in [0.1, 0.15) is 93.9 Å². The van der Waals surface area contributed by atoms with E-state index in [0.29, 0.717) is 36.7 Å². The van der Waals surface area contributed by atoms with Gasteiger partial charge in [-0.1, -0.05) is 37.8 Å². The zero-order valence-electron chi connectivity index (χ0n) is 28.0. The number of aromatic nitrogens is 2. The highest BCUT2D eigenvalue weighted by molar-refractivity contribution is 5.97. The molecular weight excluding hydrogens is 586 g/mol. The van der Waals surface area contributed by atoms with Crippen molar-refractivity contribution < 1.29 is 23.9 Å². The van der Waals surface area contributed by atoms with E-state index in [1.54, 1.807) is 36.4 Å². The number of aryl methyl sites for hydroxylation is 1. The zero-order chi connectivity index (χ0) is 33.4. The summed E-state index contributed by atoms with van der Waals surface area (Å²) in [6.45, 7) is 10.4. The van der Waals surface area contributed by atoms with Crippen molar-refractivity contribution in [3.63, 3.8) is 0 Å². The molecule has 2 heterocycles. The largest absolute Gasteiger partial charge is 0.444 e. The molecule has 2 aromatic rings. The Labute approximate surface area is 272 Å². The average molecular weight is 638 g/mol. The second-order valence-corrected chi connectivity index (χ2v) is 13.6. The molecule has 2 fully saturated rings. The number of nitrogens with one attached hydrogen (secondary N) is 2. The second kappa shape index (κ2) is 15.6. The lowest BCUT2D eigenvalue weighted by atomic mass is 9.83. The first-order valence-corrected chi connectivity index (χ1v) is 16.6. The van der Waals surface area contributed by atoms with E-state index >= 15 is 0 Å². The van der Waals surface area contributed by atoms with Crippen LogP contribution in [0, 0.1) is 5.92 Å². The molecule has 4 rings (SSSR count). The van der Waals surface area contributed by atoms with Gasteiger partial charge in [0.2, 0.25) is 11.8 Å². The smallest absolute Gasteiger partial charge is 0.408 e. The van der Waals surface area contributed by atoms with Gasteiger partial charge in [-0.15, -0.1) is 0 Å². The number of likely N-dealkylation sites (N-methyl/N-ethyl adjacent to an activating group) is 1. The van der Waals surface area contributed by atoms with Crippen LogP contribution in [0.25, 0.3) is 0 Å². The van der Waals surface area contributed by atoms with E-state index in [2.05, 4.69) is 20.6 Å². The van der Waals surface area contributed by atoms with Crippen molar-refractivity contribution in [2.75, 3.05) is 38.5 Å². The maximum absolute atomic E-state index is 13.9. The Morgan fingerprint density at radius 1 is 1.00 bits per heavy atom. The van der Waals surface area contributed by atoms with Gasteiger partial charge in [0, 0.05) is 44.8 Å². The number of rotatable bonds is 10. The number of alkyl carbamates (subject to hydrolysis) is 1. The molecule has 1 aliphatic carbocycles. The molecular formula is C34H51N7O5. The summed E-state index contributed by atoms with van der Waals surface area (Å²) < 4.78 is 7.02. The first-order valence-electron chi connectivity index (χ1n) is 16.6. The molecule has 0 radical (unpaired) electrons. The number of nitrogens with zero attached hydrogens (tertiary/aromatic N) is 4. The fourth-order valence-corrected chi connectivity index (χ4v) is 6.34. The Bertz CT molecular complexity index is 1350. The molecule has 4 N–H and O–H groups in total. The van der Waals surface area contributed by atoms with E-state index in [0.717, 1.165) is 57.2 Å². The van der Waals surface area contributed by atoms with Gasteiger partial charge in [-0.3, -0.25) is 19.1 Å². The van der Waals surface area contributed by atoms with Crippen molar-refractivity contribution in [2.24, 2.45) is 11.7 Å². The molecule has 0 unspecified atom stereocenters. The van der Waals surface area contributed by atoms with Gasteiger partial charge in [0.25, 0.3) is 5.91 Å². The third-order valence-corrected chi connectivity index (χ3v) is 8.79. The maximum Gasteiger partial charge on any atom is 0.408 e. The van der Waals surface area contributed by atoms with Crippen LogP contribution in [-0.4, -0.2) is 88.3 Å². The number of hydrogen-bond acceptors (Lipinski definition) is 7. The zero-order valence-corrected chi connectivity index (χ0v) is 28.0. The fraction of sp³-hybridized carbons (Fsp3) is 0.618. The molecule has 12 nitrogen and oxygen atoms in total. The lowest BCUT2D eigenvalue weighted by Gasteiger charge is -2.35. The minimum atomic E-state index is -0.800. The van der Waals surface area contributed by atoms with E-state index in [-0.39, 0.29) is 24.2 Å². The molecule has 12 heteroatoms. The topological polar surface area (TPSA) is 152 Å². The third-order valence-electron chi connectivity index (χ3n) is 8.79. The second-order valence-electron chi connectivity index (χ2n) is 13.6. The van der Waals surface area contributed by atoms with Gasteiger partial charge < -0.3 is 30.9 Å². The predicted octanol–water partition coefficient (Wildman–Crippen LogP) is 3.90. The Balaban J connectivity index is 1.51. The Hall–Kier alpha value is -3.93. The summed E-state index contributed by atoms with van der Waals surface area (Å²) in [4.78, 5) is 56.2. The van der Waals surface area contributed by atoms with Crippen LogP contribution in [0.15, 0.2) is 30.3 Å². The van der Waals surface area contributed by atoms with Crippen LogP contribution < -0.4 is 16.4 Å². The van der Waals surface area contributed by atoms with Crippen LogP contribution in [0.3, 0.4) is 0 Å². The number of amides is 4. The Morgan fingerprint density at radius 2 is 1.63 bits per heavy atom. The summed E-state index contributed by atoms with van der Waals surface area (Å²) in [5.41, 5.74) is 7.22. The van der Waals surface area contributed by atoms with E-state index < -0.39 is 29.6 Å². The monoisotopic (exact) mass is 637 g/mol. The van der Waals surface area contributed by atoms with Gasteiger partial charge in [-0.05, 0) is 77.3 Å². The molecule has 252 valence electrons. The summed E-state index contributed by atoms with van der Waals surface area (Å²) in [5, 5.41) is 10.5. The Kier molecular flexibility index (Phi) is 11.8. The van der Waals surface area contributed by atoms with Gasteiger partial charge in [-0.2, -0.15) is 5.10 Å². The molecule has 2 aliphatic rings. The number of nitrogens with two attached hydrogens (primary N) is 1. The first-order chi connectivity index (χ1) is 21.8. The highest BCUT2D eigenvalue weighted by Gasteiger charge is 2.34. The maximum atomic E-state index is 13.9. The van der Waals surface area contributed by atoms with Crippen LogP contribution in [0.5, 0.6) is 0 Å². The van der Waals surface area contributed by atoms with E-state index in [9.17, 15) is 19.2 Å². The van der Waals surface area contributed by atoms with E-state index in [1.165, 1.54) is 0 Å². The summed E-state index contributed by atoms with van der Waals surface area (Å²) in [6.07, 6.45) is 5.83. The molecule has 0 spiro atoms. The summed E-state index contributed by atoms with van der Waals surface area (Å²) >= 11 is 0. The van der Waals surface area contributed by atoms with Crippen molar-refractivity contribution in [2.45, 2.75) is 96.7 Å². The van der Waals surface area contributed by atoms with Gasteiger partial charge >= 0.3 is 6.09 Å². The summed E-state index contributed by atoms with van der Waals surface area (Å²) in [7, 11) is 2.02. The summed E-state index contributed by atoms with van der Waals surface area (Å²) in [6, 6.07) is 8.19. The lowest BCUT2D eigenvalue weighted by molar-refractivity contribution is -0.135. The standard InChI is InChI=1S/C34H51N7O5/c1-6-41-28(30(35)42)22-26(38-41)29(24-11-9-7-8-10-12-24)31(43)36-25-15-13-23(14-16-25)21-27(37-33(45)46-34(2,3)4)32(44)40-19-17-39(5)18-20-40/h13-16,22,24,27,29H,6-12,17-21H2,1-5H3,(H2,35,42)(H,36,43)(H,37,45)/t27-,29+/m1/s1. The van der Waals surface area contributed by atoms with Crippen molar-refractivity contribution in [3.05, 3.63) is 47.3 Å². The quantitative estimate of drug-likeness (QED) is 0.334. The number of benzene rings is 1. The number of anilines is 1. The lowest BCUT2D eigenvalue weighted by Crippen LogP contribution is -2.55. The van der Waals surface area contributed by atoms with Crippen LogP contribution in [-0.2, 0) is 27.3 Å². The molecule has 1 aromatic carbocycles.